The van der Waals surface area contributed by atoms with E-state index in [4.69, 9.17) is 10.5 Å². The van der Waals surface area contributed by atoms with E-state index in [-0.39, 0.29) is 17.7 Å². The molecule has 0 radical (unpaired) electrons. The summed E-state index contributed by atoms with van der Waals surface area (Å²) in [6.07, 6.45) is 0.427. The molecule has 2 rings (SSSR count). The Morgan fingerprint density at radius 2 is 1.73 bits per heavy atom. The van der Waals surface area contributed by atoms with Crippen molar-refractivity contribution in [1.82, 2.24) is 10.2 Å². The average molecular weight is 361 g/mol. The van der Waals surface area contributed by atoms with Gasteiger partial charge in [0.1, 0.15) is 11.6 Å². The van der Waals surface area contributed by atoms with Crippen molar-refractivity contribution < 1.29 is 19.1 Å². The number of carbonyl (C=O) groups is 3. The minimum atomic E-state index is -0.837. The molecule has 0 saturated carbocycles. The number of rotatable bonds is 4. The number of amides is 3. The highest BCUT2D eigenvalue weighted by atomic mass is 16.6. The fourth-order valence-corrected chi connectivity index (χ4v) is 2.93. The largest absolute Gasteiger partial charge is 0.444 e. The maximum atomic E-state index is 13.0. The lowest BCUT2D eigenvalue weighted by molar-refractivity contribution is -0.137. The van der Waals surface area contributed by atoms with E-state index >= 15 is 0 Å². The van der Waals surface area contributed by atoms with Crippen LogP contribution in [0.5, 0.6) is 0 Å². The summed E-state index contributed by atoms with van der Waals surface area (Å²) in [6.45, 7) is 6.17. The number of benzene rings is 1. The molecule has 1 saturated heterocycles. The number of carbonyl (C=O) groups excluding carboxylic acids is 3. The number of hydrogen-bond acceptors (Lipinski definition) is 4. The van der Waals surface area contributed by atoms with Gasteiger partial charge in [-0.2, -0.15) is 0 Å². The normalized spacial score (nSPS) is 16.7. The summed E-state index contributed by atoms with van der Waals surface area (Å²) < 4.78 is 5.29. The Morgan fingerprint density at radius 1 is 1.15 bits per heavy atom. The number of piperidine rings is 1. The Kier molecular flexibility index (Phi) is 6.23. The number of nitrogens with two attached hydrogens (primary N) is 1. The zero-order valence-electron chi connectivity index (χ0n) is 15.5. The van der Waals surface area contributed by atoms with Gasteiger partial charge >= 0.3 is 6.09 Å². The van der Waals surface area contributed by atoms with E-state index in [2.05, 4.69) is 5.32 Å². The van der Waals surface area contributed by atoms with Crippen LogP contribution in [0.1, 0.15) is 45.2 Å². The molecule has 1 fully saturated rings. The van der Waals surface area contributed by atoms with Crippen molar-refractivity contribution in [3.05, 3.63) is 35.9 Å². The van der Waals surface area contributed by atoms with Crippen molar-refractivity contribution in [2.75, 3.05) is 13.1 Å². The van der Waals surface area contributed by atoms with Gasteiger partial charge in [-0.3, -0.25) is 9.59 Å². The number of nitrogens with zero attached hydrogens (tertiary/aromatic N) is 1. The standard InChI is InChI=1S/C19H27N3O4/c1-19(2,3)26-18(25)21-15(13-7-5-4-6-8-13)17(24)22-11-9-14(10-12-22)16(20)23/h4-8,14-15H,9-12H2,1-3H3,(H2,20,23)(H,21,25)/t15-/m0/s1. The predicted octanol–water partition coefficient (Wildman–Crippen LogP) is 1.98. The van der Waals surface area contributed by atoms with Crippen LogP contribution in [-0.4, -0.2) is 41.5 Å². The molecule has 1 aliphatic rings. The fourth-order valence-electron chi connectivity index (χ4n) is 2.93. The Bertz CT molecular complexity index is 646. The molecule has 7 nitrogen and oxygen atoms in total. The lowest BCUT2D eigenvalue weighted by Crippen LogP contribution is -2.48. The first-order valence-electron chi connectivity index (χ1n) is 8.80. The molecule has 0 aliphatic carbocycles. The average Bonchev–Trinajstić information content (AvgIpc) is 2.58. The Balaban J connectivity index is 2.12. The lowest BCUT2D eigenvalue weighted by atomic mass is 9.95. The molecule has 1 atom stereocenters. The van der Waals surface area contributed by atoms with Gasteiger partial charge < -0.3 is 20.7 Å². The molecular weight excluding hydrogens is 334 g/mol. The third kappa shape index (κ3) is 5.47. The summed E-state index contributed by atoms with van der Waals surface area (Å²) in [5.41, 5.74) is 5.37. The molecular formula is C19H27N3O4. The van der Waals surface area contributed by atoms with Crippen LogP contribution in [0.3, 0.4) is 0 Å². The molecule has 0 spiro atoms. The smallest absolute Gasteiger partial charge is 0.408 e. The molecule has 0 bridgehead atoms. The van der Waals surface area contributed by atoms with E-state index in [1.807, 2.05) is 18.2 Å². The van der Waals surface area contributed by atoms with Crippen LogP contribution in [0.4, 0.5) is 4.79 Å². The van der Waals surface area contributed by atoms with Gasteiger partial charge in [-0.15, -0.1) is 0 Å². The van der Waals surface area contributed by atoms with Gasteiger partial charge in [0.2, 0.25) is 11.8 Å². The van der Waals surface area contributed by atoms with E-state index in [1.54, 1.807) is 37.8 Å². The molecule has 1 aromatic carbocycles. The highest BCUT2D eigenvalue weighted by molar-refractivity contribution is 5.87. The van der Waals surface area contributed by atoms with Crippen LogP contribution in [0.15, 0.2) is 30.3 Å². The first kappa shape index (κ1) is 19.8. The van der Waals surface area contributed by atoms with Crippen molar-refractivity contribution in [1.29, 1.82) is 0 Å². The van der Waals surface area contributed by atoms with Crippen LogP contribution in [-0.2, 0) is 14.3 Å². The fraction of sp³-hybridized carbons (Fsp3) is 0.526. The third-order valence-corrected chi connectivity index (χ3v) is 4.25. The number of likely N-dealkylation sites (tertiary alicyclic amines) is 1. The summed E-state index contributed by atoms with van der Waals surface area (Å²) >= 11 is 0. The second-order valence-corrected chi connectivity index (χ2v) is 7.49. The second-order valence-electron chi connectivity index (χ2n) is 7.49. The molecule has 7 heteroatoms. The highest BCUT2D eigenvalue weighted by Crippen LogP contribution is 2.22. The molecule has 0 unspecified atom stereocenters. The van der Waals surface area contributed by atoms with Gasteiger partial charge in [-0.1, -0.05) is 30.3 Å². The topological polar surface area (TPSA) is 102 Å². The zero-order chi connectivity index (χ0) is 19.3. The molecule has 1 heterocycles. The second kappa shape index (κ2) is 8.21. The SMILES string of the molecule is CC(C)(C)OC(=O)N[C@H](C(=O)N1CCC(C(N)=O)CC1)c1ccccc1. The first-order valence-corrected chi connectivity index (χ1v) is 8.80. The molecule has 26 heavy (non-hydrogen) atoms. The number of primary amides is 1. The summed E-state index contributed by atoms with van der Waals surface area (Å²) in [6, 6.07) is 8.21. The van der Waals surface area contributed by atoms with Crippen molar-refractivity contribution in [2.45, 2.75) is 45.3 Å². The number of alkyl carbamates (subject to hydrolysis) is 1. The first-order chi connectivity index (χ1) is 12.2. The van der Waals surface area contributed by atoms with Gasteiger partial charge in [-0.25, -0.2) is 4.79 Å². The molecule has 3 amide bonds. The van der Waals surface area contributed by atoms with Gasteiger partial charge in [0, 0.05) is 19.0 Å². The Labute approximate surface area is 153 Å². The van der Waals surface area contributed by atoms with Gasteiger partial charge in [0.25, 0.3) is 0 Å². The van der Waals surface area contributed by atoms with Crippen LogP contribution in [0.25, 0.3) is 0 Å². The maximum Gasteiger partial charge on any atom is 0.408 e. The van der Waals surface area contributed by atoms with Crippen molar-refractivity contribution in [3.8, 4) is 0 Å². The molecule has 142 valence electrons. The van der Waals surface area contributed by atoms with E-state index in [0.29, 0.717) is 31.5 Å². The molecule has 3 N–H and O–H groups in total. The summed E-state index contributed by atoms with van der Waals surface area (Å²) in [4.78, 5) is 38.2. The van der Waals surface area contributed by atoms with E-state index < -0.39 is 17.7 Å². The third-order valence-electron chi connectivity index (χ3n) is 4.25. The van der Waals surface area contributed by atoms with Gasteiger partial charge in [0.15, 0.2) is 0 Å². The molecule has 0 aromatic heterocycles. The highest BCUT2D eigenvalue weighted by Gasteiger charge is 2.32. The summed E-state index contributed by atoms with van der Waals surface area (Å²) in [7, 11) is 0. The molecule has 1 aliphatic heterocycles. The van der Waals surface area contributed by atoms with Crippen molar-refractivity contribution in [3.63, 3.8) is 0 Å². The minimum absolute atomic E-state index is 0.201. The van der Waals surface area contributed by atoms with Crippen LogP contribution in [0.2, 0.25) is 0 Å². The quantitative estimate of drug-likeness (QED) is 0.856. The number of hydrogen-bond donors (Lipinski definition) is 2. The summed E-state index contributed by atoms with van der Waals surface area (Å²) in [5.74, 6) is -0.749. The van der Waals surface area contributed by atoms with Crippen LogP contribution >= 0.6 is 0 Å². The molecule has 1 aromatic rings. The van der Waals surface area contributed by atoms with Crippen molar-refractivity contribution >= 4 is 17.9 Å². The summed E-state index contributed by atoms with van der Waals surface area (Å²) in [5, 5.41) is 2.68. The van der Waals surface area contributed by atoms with Gasteiger partial charge in [0.05, 0.1) is 0 Å². The Hall–Kier alpha value is -2.57. The van der Waals surface area contributed by atoms with Crippen LogP contribution in [0, 0.1) is 5.92 Å². The monoisotopic (exact) mass is 361 g/mol. The Morgan fingerprint density at radius 3 is 2.23 bits per heavy atom. The number of ether oxygens (including phenoxy) is 1. The van der Waals surface area contributed by atoms with E-state index in [1.165, 1.54) is 0 Å². The minimum Gasteiger partial charge on any atom is -0.444 e. The van der Waals surface area contributed by atoms with Crippen molar-refractivity contribution in [2.24, 2.45) is 11.7 Å². The number of nitrogens with one attached hydrogen (secondary N) is 1. The zero-order valence-corrected chi connectivity index (χ0v) is 15.5. The van der Waals surface area contributed by atoms with Crippen LogP contribution < -0.4 is 11.1 Å². The predicted molar refractivity (Wildman–Crippen MR) is 97.1 cm³/mol. The lowest BCUT2D eigenvalue weighted by Gasteiger charge is -2.33. The van der Waals surface area contributed by atoms with Gasteiger partial charge in [-0.05, 0) is 39.2 Å². The van der Waals surface area contributed by atoms with E-state index in [0.717, 1.165) is 0 Å². The maximum absolute atomic E-state index is 13.0. The van der Waals surface area contributed by atoms with E-state index in [9.17, 15) is 14.4 Å².